The average molecular weight is 327 g/mol. The molecule has 2 atom stereocenters. The Balaban J connectivity index is 1.73. The molecule has 3 nitrogen and oxygen atoms in total. The zero-order valence-corrected chi connectivity index (χ0v) is 15.6. The number of rotatable bonds is 5. The molecule has 2 unspecified atom stereocenters. The van der Waals surface area contributed by atoms with E-state index in [1.165, 1.54) is 12.8 Å². The van der Waals surface area contributed by atoms with Gasteiger partial charge < -0.3 is 14.9 Å². The molecule has 2 saturated carbocycles. The van der Waals surface area contributed by atoms with E-state index in [0.29, 0.717) is 29.8 Å². The van der Waals surface area contributed by atoms with Gasteiger partial charge >= 0.3 is 0 Å². The summed E-state index contributed by atoms with van der Waals surface area (Å²) in [5.74, 6) is 1.51. The Kier molecular flexibility index (Phi) is 6.94. The fourth-order valence-corrected chi connectivity index (χ4v) is 4.71. The molecular formula is C20H38O3. The van der Waals surface area contributed by atoms with Crippen molar-refractivity contribution in [3.63, 3.8) is 0 Å². The highest BCUT2D eigenvalue weighted by Crippen LogP contribution is 2.41. The van der Waals surface area contributed by atoms with Crippen molar-refractivity contribution < 1.29 is 14.9 Å². The van der Waals surface area contributed by atoms with Crippen molar-refractivity contribution in [3.8, 4) is 0 Å². The monoisotopic (exact) mass is 326 g/mol. The predicted molar refractivity (Wildman–Crippen MR) is 94.3 cm³/mol. The van der Waals surface area contributed by atoms with Crippen LogP contribution in [0.25, 0.3) is 0 Å². The fraction of sp³-hybridized carbons (Fsp3) is 1.00. The summed E-state index contributed by atoms with van der Waals surface area (Å²) in [6.45, 7) is 6.98. The highest BCUT2D eigenvalue weighted by Gasteiger charge is 2.34. The van der Waals surface area contributed by atoms with Gasteiger partial charge in [-0.2, -0.15) is 0 Å². The third-order valence-electron chi connectivity index (χ3n) is 6.62. The molecule has 0 aromatic carbocycles. The van der Waals surface area contributed by atoms with Gasteiger partial charge in [0.25, 0.3) is 0 Å². The molecule has 2 aliphatic carbocycles. The highest BCUT2D eigenvalue weighted by atomic mass is 16.5. The van der Waals surface area contributed by atoms with Crippen LogP contribution < -0.4 is 0 Å². The molecule has 2 N–H and O–H groups in total. The van der Waals surface area contributed by atoms with Crippen molar-refractivity contribution in [2.45, 2.75) is 96.9 Å². The van der Waals surface area contributed by atoms with E-state index in [2.05, 4.69) is 20.8 Å². The number of aliphatic hydroxyl groups is 2. The maximum absolute atomic E-state index is 10.6. The lowest BCUT2D eigenvalue weighted by molar-refractivity contribution is -0.0224. The molecule has 136 valence electrons. The molecular weight excluding hydrogens is 288 g/mol. The lowest BCUT2D eigenvalue weighted by Crippen LogP contribution is -2.35. The summed E-state index contributed by atoms with van der Waals surface area (Å²) in [4.78, 5) is 0. The van der Waals surface area contributed by atoms with Gasteiger partial charge in [-0.25, -0.2) is 0 Å². The predicted octanol–water partition coefficient (Wildman–Crippen LogP) is 4.16. The minimum Gasteiger partial charge on any atom is -0.393 e. The van der Waals surface area contributed by atoms with Crippen LogP contribution in [-0.4, -0.2) is 35.6 Å². The van der Waals surface area contributed by atoms with E-state index in [1.54, 1.807) is 7.11 Å². The third-order valence-corrected chi connectivity index (χ3v) is 6.62. The zero-order chi connectivity index (χ0) is 17.0. The topological polar surface area (TPSA) is 49.7 Å². The SMILES string of the molecule is COC1CCC(C(O)CC(O)C2CCC(C(C)(C)C)CC2)CC1. The van der Waals surface area contributed by atoms with Gasteiger partial charge in [0.15, 0.2) is 0 Å². The lowest BCUT2D eigenvalue weighted by Gasteiger charge is -2.39. The Labute approximate surface area is 142 Å². The second kappa shape index (κ2) is 8.31. The summed E-state index contributed by atoms with van der Waals surface area (Å²) in [5.41, 5.74) is 0.384. The van der Waals surface area contributed by atoms with Crippen LogP contribution in [0.15, 0.2) is 0 Å². The Bertz CT molecular complexity index is 333. The van der Waals surface area contributed by atoms with E-state index in [4.69, 9.17) is 4.74 Å². The van der Waals surface area contributed by atoms with Crippen molar-refractivity contribution in [3.05, 3.63) is 0 Å². The molecule has 23 heavy (non-hydrogen) atoms. The van der Waals surface area contributed by atoms with E-state index in [0.717, 1.165) is 44.4 Å². The van der Waals surface area contributed by atoms with Gasteiger partial charge in [-0.15, -0.1) is 0 Å². The molecule has 0 heterocycles. The highest BCUT2D eigenvalue weighted by molar-refractivity contribution is 4.85. The number of aliphatic hydroxyl groups excluding tert-OH is 2. The number of hydrogen-bond acceptors (Lipinski definition) is 3. The molecule has 0 aromatic rings. The van der Waals surface area contributed by atoms with Gasteiger partial charge in [0.2, 0.25) is 0 Å². The maximum Gasteiger partial charge on any atom is 0.0593 e. The molecule has 2 fully saturated rings. The van der Waals surface area contributed by atoms with Crippen LogP contribution >= 0.6 is 0 Å². The molecule has 2 rings (SSSR count). The smallest absolute Gasteiger partial charge is 0.0593 e. The van der Waals surface area contributed by atoms with Crippen LogP contribution in [0.5, 0.6) is 0 Å². The van der Waals surface area contributed by atoms with E-state index < -0.39 is 0 Å². The van der Waals surface area contributed by atoms with E-state index in [-0.39, 0.29) is 12.2 Å². The van der Waals surface area contributed by atoms with Crippen molar-refractivity contribution in [1.29, 1.82) is 0 Å². The number of methoxy groups -OCH3 is 1. The third kappa shape index (κ3) is 5.44. The molecule has 0 saturated heterocycles. The van der Waals surface area contributed by atoms with Gasteiger partial charge in [0, 0.05) is 7.11 Å². The number of ether oxygens (including phenoxy) is 1. The molecule has 0 spiro atoms. The van der Waals surface area contributed by atoms with E-state index >= 15 is 0 Å². The first-order valence-electron chi connectivity index (χ1n) is 9.70. The molecule has 0 radical (unpaired) electrons. The summed E-state index contributed by atoms with van der Waals surface area (Å²) in [6, 6.07) is 0. The molecule has 0 amide bonds. The van der Waals surface area contributed by atoms with E-state index in [1.807, 2.05) is 0 Å². The van der Waals surface area contributed by atoms with Gasteiger partial charge in [-0.3, -0.25) is 0 Å². The van der Waals surface area contributed by atoms with Crippen LogP contribution in [0.4, 0.5) is 0 Å². The average Bonchev–Trinajstić information content (AvgIpc) is 2.54. The van der Waals surface area contributed by atoms with E-state index in [9.17, 15) is 10.2 Å². The second-order valence-corrected chi connectivity index (χ2v) is 9.12. The first-order valence-corrected chi connectivity index (χ1v) is 9.70. The maximum atomic E-state index is 10.6. The summed E-state index contributed by atoms with van der Waals surface area (Å²) >= 11 is 0. The first-order chi connectivity index (χ1) is 10.8. The standard InChI is InChI=1S/C20H38O3/c1-20(2,3)16-9-5-14(6-10-16)18(21)13-19(22)15-7-11-17(23-4)12-8-15/h14-19,21-22H,5-13H2,1-4H3. The van der Waals surface area contributed by atoms with Crippen LogP contribution in [0.3, 0.4) is 0 Å². The van der Waals surface area contributed by atoms with Gasteiger partial charge in [-0.05, 0) is 81.0 Å². The molecule has 2 aliphatic rings. The van der Waals surface area contributed by atoms with Crippen molar-refractivity contribution in [1.82, 2.24) is 0 Å². The quantitative estimate of drug-likeness (QED) is 0.797. The van der Waals surface area contributed by atoms with Crippen LogP contribution in [0.1, 0.15) is 78.6 Å². The Morgan fingerprint density at radius 3 is 1.65 bits per heavy atom. The first kappa shape index (κ1) is 19.2. The molecule has 0 bridgehead atoms. The lowest BCUT2D eigenvalue weighted by atomic mass is 9.68. The minimum atomic E-state index is -0.344. The Morgan fingerprint density at radius 1 is 0.826 bits per heavy atom. The summed E-state index contributed by atoms with van der Waals surface area (Å²) in [6.07, 6.45) is 9.10. The second-order valence-electron chi connectivity index (χ2n) is 9.12. The van der Waals surface area contributed by atoms with Crippen LogP contribution in [0.2, 0.25) is 0 Å². The normalized spacial score (nSPS) is 35.7. The summed E-state index contributed by atoms with van der Waals surface area (Å²) < 4.78 is 5.40. The van der Waals surface area contributed by atoms with Gasteiger partial charge in [0.1, 0.15) is 0 Å². The van der Waals surface area contributed by atoms with Crippen LogP contribution in [-0.2, 0) is 4.74 Å². The van der Waals surface area contributed by atoms with Crippen molar-refractivity contribution in [2.24, 2.45) is 23.2 Å². The summed E-state index contributed by atoms with van der Waals surface area (Å²) in [5, 5.41) is 21.1. The summed E-state index contributed by atoms with van der Waals surface area (Å²) in [7, 11) is 1.78. The minimum absolute atomic E-state index is 0.328. The van der Waals surface area contributed by atoms with Gasteiger partial charge in [-0.1, -0.05) is 20.8 Å². The fourth-order valence-electron chi connectivity index (χ4n) is 4.71. The van der Waals surface area contributed by atoms with Crippen LogP contribution in [0, 0.1) is 23.2 Å². The molecule has 0 aromatic heterocycles. The molecule has 0 aliphatic heterocycles. The zero-order valence-electron chi connectivity index (χ0n) is 15.6. The Morgan fingerprint density at radius 2 is 1.26 bits per heavy atom. The molecule has 3 heteroatoms. The van der Waals surface area contributed by atoms with Crippen molar-refractivity contribution >= 4 is 0 Å². The van der Waals surface area contributed by atoms with Crippen molar-refractivity contribution in [2.75, 3.05) is 7.11 Å². The van der Waals surface area contributed by atoms with Gasteiger partial charge in [0.05, 0.1) is 18.3 Å². The Hall–Kier alpha value is -0.120. The number of hydrogen-bond donors (Lipinski definition) is 2. The largest absolute Gasteiger partial charge is 0.393 e.